The zero-order valence-electron chi connectivity index (χ0n) is 5.96. The van der Waals surface area contributed by atoms with Crippen LogP contribution in [0.25, 0.3) is 0 Å². The first-order valence-electron chi connectivity index (χ1n) is 3.52. The molecule has 1 aromatic carbocycles. The molecule has 0 atom stereocenters. The van der Waals surface area contributed by atoms with Crippen molar-refractivity contribution < 1.29 is 0 Å². The lowest BCUT2D eigenvalue weighted by Gasteiger charge is -1.95. The molecule has 0 aromatic heterocycles. The van der Waals surface area contributed by atoms with Crippen molar-refractivity contribution in [2.45, 2.75) is 6.42 Å². The van der Waals surface area contributed by atoms with Gasteiger partial charge in [0.15, 0.2) is 0 Å². The standard InChI is InChI=1S/C9H12N/c10-8-4-7-9-5-2-1-3-6-9/h1-3,5-7H,4,8,10H2. The van der Waals surface area contributed by atoms with Gasteiger partial charge in [0.05, 0.1) is 0 Å². The molecule has 1 nitrogen and oxygen atoms in total. The van der Waals surface area contributed by atoms with Gasteiger partial charge in [0.2, 0.25) is 0 Å². The van der Waals surface area contributed by atoms with Gasteiger partial charge in [-0.05, 0) is 24.9 Å². The lowest BCUT2D eigenvalue weighted by atomic mass is 10.1. The minimum Gasteiger partial charge on any atom is -0.330 e. The third-order valence-electron chi connectivity index (χ3n) is 1.35. The molecule has 0 heterocycles. The van der Waals surface area contributed by atoms with E-state index in [0.29, 0.717) is 0 Å². The van der Waals surface area contributed by atoms with Gasteiger partial charge in [-0.1, -0.05) is 30.3 Å². The van der Waals surface area contributed by atoms with Crippen LogP contribution in [-0.4, -0.2) is 6.54 Å². The van der Waals surface area contributed by atoms with Gasteiger partial charge in [0.1, 0.15) is 0 Å². The molecule has 1 radical (unpaired) electrons. The van der Waals surface area contributed by atoms with E-state index in [2.05, 4.69) is 18.6 Å². The van der Waals surface area contributed by atoms with E-state index < -0.39 is 0 Å². The van der Waals surface area contributed by atoms with Gasteiger partial charge in [-0.3, -0.25) is 0 Å². The van der Waals surface area contributed by atoms with E-state index >= 15 is 0 Å². The molecule has 2 N–H and O–H groups in total. The largest absolute Gasteiger partial charge is 0.330 e. The highest BCUT2D eigenvalue weighted by Crippen LogP contribution is 2.02. The summed E-state index contributed by atoms with van der Waals surface area (Å²) >= 11 is 0. The van der Waals surface area contributed by atoms with Crippen molar-refractivity contribution in [3.05, 3.63) is 42.3 Å². The van der Waals surface area contributed by atoms with Gasteiger partial charge < -0.3 is 5.73 Å². The first-order chi connectivity index (χ1) is 4.93. The zero-order valence-corrected chi connectivity index (χ0v) is 5.96. The second-order valence-corrected chi connectivity index (χ2v) is 2.19. The van der Waals surface area contributed by atoms with Crippen molar-refractivity contribution >= 4 is 0 Å². The van der Waals surface area contributed by atoms with Gasteiger partial charge in [0.25, 0.3) is 0 Å². The second-order valence-electron chi connectivity index (χ2n) is 2.19. The Kier molecular flexibility index (Phi) is 2.97. The Morgan fingerprint density at radius 2 is 1.90 bits per heavy atom. The molecule has 0 unspecified atom stereocenters. The molecule has 0 fully saturated rings. The predicted octanol–water partition coefficient (Wildman–Crippen LogP) is 1.59. The second kappa shape index (κ2) is 4.07. The quantitative estimate of drug-likeness (QED) is 0.667. The molecule has 1 heteroatoms. The minimum atomic E-state index is 0.731. The summed E-state index contributed by atoms with van der Waals surface area (Å²) in [4.78, 5) is 0. The molecule has 10 heavy (non-hydrogen) atoms. The number of benzene rings is 1. The highest BCUT2D eigenvalue weighted by Gasteiger charge is 1.88. The average Bonchev–Trinajstić information content (AvgIpc) is 2.03. The smallest absolute Gasteiger partial charge is 0.00712 e. The van der Waals surface area contributed by atoms with E-state index in [-0.39, 0.29) is 0 Å². The molecule has 1 rings (SSSR count). The predicted molar refractivity (Wildman–Crippen MR) is 43.5 cm³/mol. The summed E-state index contributed by atoms with van der Waals surface area (Å²) in [6.45, 7) is 0.731. The van der Waals surface area contributed by atoms with Crippen LogP contribution in [-0.2, 0) is 0 Å². The molecule has 1 aromatic rings. The van der Waals surface area contributed by atoms with Crippen molar-refractivity contribution in [3.63, 3.8) is 0 Å². The van der Waals surface area contributed by atoms with E-state index in [1.54, 1.807) is 0 Å². The molecule has 0 saturated carbocycles. The Bertz CT molecular complexity index is 169. The Morgan fingerprint density at radius 3 is 2.50 bits per heavy atom. The average molecular weight is 134 g/mol. The Morgan fingerprint density at radius 1 is 1.20 bits per heavy atom. The van der Waals surface area contributed by atoms with Crippen molar-refractivity contribution in [2.75, 3.05) is 6.54 Å². The van der Waals surface area contributed by atoms with Crippen LogP contribution in [0.3, 0.4) is 0 Å². The Labute approximate surface area is 61.9 Å². The molecule has 0 bridgehead atoms. The first-order valence-corrected chi connectivity index (χ1v) is 3.52. The highest BCUT2D eigenvalue weighted by atomic mass is 14.5. The molecular weight excluding hydrogens is 122 g/mol. The number of hydrogen-bond donors (Lipinski definition) is 1. The summed E-state index contributed by atoms with van der Waals surface area (Å²) in [5.41, 5.74) is 6.60. The summed E-state index contributed by atoms with van der Waals surface area (Å²) < 4.78 is 0. The van der Waals surface area contributed by atoms with Crippen molar-refractivity contribution in [2.24, 2.45) is 5.73 Å². The fraction of sp³-hybridized carbons (Fsp3) is 0.222. The maximum Gasteiger partial charge on any atom is -0.00712 e. The highest BCUT2D eigenvalue weighted by molar-refractivity contribution is 5.21. The molecule has 0 spiro atoms. The number of rotatable bonds is 3. The fourth-order valence-electron chi connectivity index (χ4n) is 0.839. The lowest BCUT2D eigenvalue weighted by molar-refractivity contribution is 0.960. The van der Waals surface area contributed by atoms with Crippen LogP contribution in [0.1, 0.15) is 12.0 Å². The van der Waals surface area contributed by atoms with E-state index in [4.69, 9.17) is 5.73 Å². The van der Waals surface area contributed by atoms with Crippen LogP contribution < -0.4 is 5.73 Å². The molecule has 0 aliphatic rings. The van der Waals surface area contributed by atoms with Gasteiger partial charge >= 0.3 is 0 Å². The van der Waals surface area contributed by atoms with Crippen LogP contribution in [0.5, 0.6) is 0 Å². The summed E-state index contributed by atoms with van der Waals surface area (Å²) in [6.07, 6.45) is 3.10. The van der Waals surface area contributed by atoms with Crippen LogP contribution in [0, 0.1) is 6.42 Å². The fourth-order valence-corrected chi connectivity index (χ4v) is 0.839. The maximum absolute atomic E-state index is 5.35. The summed E-state index contributed by atoms with van der Waals surface area (Å²) in [6, 6.07) is 10.2. The van der Waals surface area contributed by atoms with E-state index in [0.717, 1.165) is 13.0 Å². The van der Waals surface area contributed by atoms with Crippen LogP contribution in [0.15, 0.2) is 30.3 Å². The minimum absolute atomic E-state index is 0.731. The van der Waals surface area contributed by atoms with Gasteiger partial charge in [-0.25, -0.2) is 0 Å². The van der Waals surface area contributed by atoms with E-state index in [9.17, 15) is 0 Å². The van der Waals surface area contributed by atoms with E-state index in [1.807, 2.05) is 18.2 Å². The van der Waals surface area contributed by atoms with Crippen molar-refractivity contribution in [1.29, 1.82) is 0 Å². The zero-order chi connectivity index (χ0) is 7.23. The molecule has 0 aliphatic heterocycles. The molecular formula is C9H12N. The first kappa shape index (κ1) is 7.29. The molecule has 0 saturated heterocycles. The summed E-state index contributed by atoms with van der Waals surface area (Å²) in [7, 11) is 0. The van der Waals surface area contributed by atoms with Gasteiger partial charge in [0, 0.05) is 0 Å². The van der Waals surface area contributed by atoms with Gasteiger partial charge in [-0.2, -0.15) is 0 Å². The van der Waals surface area contributed by atoms with Crippen LogP contribution in [0.2, 0.25) is 0 Å². The van der Waals surface area contributed by atoms with Crippen molar-refractivity contribution in [1.82, 2.24) is 0 Å². The van der Waals surface area contributed by atoms with Gasteiger partial charge in [-0.15, -0.1) is 0 Å². The number of nitrogens with two attached hydrogens (primary N) is 1. The molecule has 0 aliphatic carbocycles. The number of hydrogen-bond acceptors (Lipinski definition) is 1. The van der Waals surface area contributed by atoms with E-state index in [1.165, 1.54) is 5.56 Å². The Hall–Kier alpha value is -0.820. The third-order valence-corrected chi connectivity index (χ3v) is 1.35. The molecule has 0 amide bonds. The summed E-state index contributed by atoms with van der Waals surface area (Å²) in [5.74, 6) is 0. The lowest BCUT2D eigenvalue weighted by Crippen LogP contribution is -1.98. The van der Waals surface area contributed by atoms with Crippen molar-refractivity contribution in [3.8, 4) is 0 Å². The van der Waals surface area contributed by atoms with Crippen LogP contribution >= 0.6 is 0 Å². The van der Waals surface area contributed by atoms with Crippen LogP contribution in [0.4, 0.5) is 0 Å². The monoisotopic (exact) mass is 134 g/mol. The summed E-state index contributed by atoms with van der Waals surface area (Å²) in [5, 5.41) is 0. The maximum atomic E-state index is 5.35. The third kappa shape index (κ3) is 2.19. The normalized spacial score (nSPS) is 9.70. The Balaban J connectivity index is 2.43. The molecule has 53 valence electrons. The topological polar surface area (TPSA) is 26.0 Å². The SMILES string of the molecule is NCC[CH]c1ccccc1.